The molecule has 1 nitrogen and oxygen atoms in total. The van der Waals surface area contributed by atoms with Crippen molar-refractivity contribution < 1.29 is 4.57 Å². The topological polar surface area (TPSA) is 17.1 Å². The summed E-state index contributed by atoms with van der Waals surface area (Å²) in [5.74, 6) is 0. The minimum atomic E-state index is -2.41. The molecule has 0 N–H and O–H groups in total. The van der Waals surface area contributed by atoms with E-state index in [2.05, 4.69) is 31.0 Å². The van der Waals surface area contributed by atoms with Gasteiger partial charge in [0.2, 0.25) is 4.55 Å². The molecule has 0 spiro atoms. The molecule has 0 atom stereocenters. The molecule has 0 aliphatic rings. The maximum atomic E-state index is 11.4. The Bertz CT molecular complexity index is 288. The van der Waals surface area contributed by atoms with Crippen LogP contribution in [-0.4, -0.2) is 0 Å². The van der Waals surface area contributed by atoms with Crippen molar-refractivity contribution in [2.24, 2.45) is 0 Å². The van der Waals surface area contributed by atoms with Crippen LogP contribution < -0.4 is 5.30 Å². The molecule has 4 heteroatoms. The third-order valence-corrected chi connectivity index (χ3v) is 4.69. The lowest BCUT2D eigenvalue weighted by Gasteiger charge is -2.01. The van der Waals surface area contributed by atoms with E-state index in [0.29, 0.717) is 0 Å². The Hall–Kier alpha value is 0.410. The average Bonchev–Trinajstić information content (AvgIpc) is 1.86. The number of hydrogen-bond acceptors (Lipinski definition) is 1. The standard InChI is InChI=1S/C7H7Br2OP/c1-6-2-4-7(5-3-6)11(8,9)10/h2-5H,1H3. The van der Waals surface area contributed by atoms with Crippen LogP contribution in [0.25, 0.3) is 0 Å². The second-order valence-electron chi connectivity index (χ2n) is 2.30. The van der Waals surface area contributed by atoms with Gasteiger partial charge in [-0.15, -0.1) is 0 Å². The van der Waals surface area contributed by atoms with Crippen molar-refractivity contribution in [3.05, 3.63) is 29.8 Å². The maximum Gasteiger partial charge on any atom is 0.236 e. The van der Waals surface area contributed by atoms with Crippen molar-refractivity contribution in [2.45, 2.75) is 6.92 Å². The summed E-state index contributed by atoms with van der Waals surface area (Å²) >= 11 is 6.17. The van der Waals surface area contributed by atoms with E-state index in [1.807, 2.05) is 31.2 Å². The van der Waals surface area contributed by atoms with E-state index in [-0.39, 0.29) is 0 Å². The number of benzene rings is 1. The zero-order chi connectivity index (χ0) is 8.48. The highest BCUT2D eigenvalue weighted by Crippen LogP contribution is 2.60. The summed E-state index contributed by atoms with van der Waals surface area (Å²) in [5, 5.41) is 0.795. The molecule has 0 aliphatic carbocycles. The van der Waals surface area contributed by atoms with Crippen LogP contribution in [0.3, 0.4) is 0 Å². The van der Waals surface area contributed by atoms with Crippen LogP contribution in [0.2, 0.25) is 0 Å². The van der Waals surface area contributed by atoms with E-state index in [9.17, 15) is 4.57 Å². The molecule has 0 bridgehead atoms. The summed E-state index contributed by atoms with van der Waals surface area (Å²) in [4.78, 5) is 0. The third-order valence-electron chi connectivity index (χ3n) is 1.33. The van der Waals surface area contributed by atoms with Gasteiger partial charge in [-0.3, -0.25) is 4.57 Å². The van der Waals surface area contributed by atoms with Gasteiger partial charge in [-0.2, -0.15) is 0 Å². The Morgan fingerprint density at radius 1 is 1.18 bits per heavy atom. The quantitative estimate of drug-likeness (QED) is 0.724. The summed E-state index contributed by atoms with van der Waals surface area (Å²) in [6.07, 6.45) is 0. The molecule has 0 heterocycles. The number of aryl methyl sites for hydroxylation is 1. The molecular weight excluding hydrogens is 291 g/mol. The van der Waals surface area contributed by atoms with Gasteiger partial charge in [-0.25, -0.2) is 0 Å². The molecule has 1 aromatic rings. The molecule has 60 valence electrons. The summed E-state index contributed by atoms with van der Waals surface area (Å²) in [7, 11) is 0. The summed E-state index contributed by atoms with van der Waals surface area (Å²) < 4.78 is 8.95. The highest BCUT2D eigenvalue weighted by molar-refractivity contribution is 9.71. The molecule has 11 heavy (non-hydrogen) atoms. The van der Waals surface area contributed by atoms with E-state index in [1.54, 1.807) is 0 Å². The van der Waals surface area contributed by atoms with Crippen molar-refractivity contribution in [3.63, 3.8) is 0 Å². The van der Waals surface area contributed by atoms with Crippen LogP contribution in [0.4, 0.5) is 0 Å². The fourth-order valence-corrected chi connectivity index (χ4v) is 2.63. The van der Waals surface area contributed by atoms with E-state index >= 15 is 0 Å². The first-order valence-corrected chi connectivity index (χ1v) is 8.81. The lowest BCUT2D eigenvalue weighted by atomic mass is 10.2. The zero-order valence-electron chi connectivity index (χ0n) is 5.92. The fraction of sp³-hybridized carbons (Fsp3) is 0.143. The van der Waals surface area contributed by atoms with Gasteiger partial charge in [0.15, 0.2) is 0 Å². The van der Waals surface area contributed by atoms with E-state index < -0.39 is 4.55 Å². The largest absolute Gasteiger partial charge is 0.294 e. The molecule has 1 aromatic carbocycles. The smallest absolute Gasteiger partial charge is 0.236 e. The van der Waals surface area contributed by atoms with Gasteiger partial charge < -0.3 is 0 Å². The van der Waals surface area contributed by atoms with Crippen LogP contribution >= 0.6 is 35.5 Å². The van der Waals surface area contributed by atoms with Crippen LogP contribution in [0, 0.1) is 6.92 Å². The van der Waals surface area contributed by atoms with Crippen LogP contribution in [0.1, 0.15) is 5.56 Å². The first-order valence-electron chi connectivity index (χ1n) is 3.07. The molecule has 0 saturated heterocycles. The average molecular weight is 298 g/mol. The first-order chi connectivity index (χ1) is 5.00. The SMILES string of the molecule is Cc1ccc(P(=O)(Br)Br)cc1. The Kier molecular flexibility index (Phi) is 2.96. The van der Waals surface area contributed by atoms with Crippen molar-refractivity contribution >= 4 is 40.8 Å². The summed E-state index contributed by atoms with van der Waals surface area (Å²) in [5.41, 5.74) is 1.17. The normalized spacial score (nSPS) is 11.5. The minimum absolute atomic E-state index is 0.795. The Labute approximate surface area is 82.0 Å². The Balaban J connectivity index is 3.09. The molecule has 0 amide bonds. The van der Waals surface area contributed by atoms with Crippen molar-refractivity contribution in [1.29, 1.82) is 0 Å². The van der Waals surface area contributed by atoms with Crippen LogP contribution in [0.15, 0.2) is 24.3 Å². The molecule has 0 saturated carbocycles. The second kappa shape index (κ2) is 3.42. The lowest BCUT2D eigenvalue weighted by molar-refractivity contribution is 0.599. The van der Waals surface area contributed by atoms with Gasteiger partial charge in [0, 0.05) is 5.30 Å². The first kappa shape index (κ1) is 9.50. The van der Waals surface area contributed by atoms with Crippen LogP contribution in [0.5, 0.6) is 0 Å². The Morgan fingerprint density at radius 2 is 1.64 bits per heavy atom. The van der Waals surface area contributed by atoms with Gasteiger partial charge in [0.25, 0.3) is 0 Å². The van der Waals surface area contributed by atoms with Crippen LogP contribution in [-0.2, 0) is 4.57 Å². The van der Waals surface area contributed by atoms with Gasteiger partial charge >= 0.3 is 0 Å². The van der Waals surface area contributed by atoms with Gasteiger partial charge in [0.1, 0.15) is 0 Å². The van der Waals surface area contributed by atoms with Crippen molar-refractivity contribution in [3.8, 4) is 0 Å². The molecule has 0 fully saturated rings. The van der Waals surface area contributed by atoms with E-state index in [0.717, 1.165) is 5.30 Å². The van der Waals surface area contributed by atoms with Gasteiger partial charge in [-0.1, -0.05) is 17.7 Å². The minimum Gasteiger partial charge on any atom is -0.294 e. The second-order valence-corrected chi connectivity index (χ2v) is 12.6. The molecule has 0 unspecified atom stereocenters. The highest BCUT2D eigenvalue weighted by atomic mass is 79.9. The molecule has 0 aromatic heterocycles. The molecular formula is C7H7Br2OP. The molecule has 1 rings (SSSR count). The number of hydrogen-bond donors (Lipinski definition) is 0. The van der Waals surface area contributed by atoms with Crippen molar-refractivity contribution in [1.82, 2.24) is 0 Å². The predicted octanol–water partition coefficient (Wildman–Crippen LogP) is 3.60. The zero-order valence-corrected chi connectivity index (χ0v) is 9.99. The number of halogens is 2. The third kappa shape index (κ3) is 2.73. The van der Waals surface area contributed by atoms with E-state index in [1.165, 1.54) is 5.56 Å². The van der Waals surface area contributed by atoms with Gasteiger partial charge in [0.05, 0.1) is 0 Å². The van der Waals surface area contributed by atoms with E-state index in [4.69, 9.17) is 0 Å². The lowest BCUT2D eigenvalue weighted by Crippen LogP contribution is -1.94. The summed E-state index contributed by atoms with van der Waals surface area (Å²) in [6, 6.07) is 7.56. The molecule has 0 radical (unpaired) electrons. The highest BCUT2D eigenvalue weighted by Gasteiger charge is 2.14. The maximum absolute atomic E-state index is 11.4. The monoisotopic (exact) mass is 296 g/mol. The predicted molar refractivity (Wildman–Crippen MR) is 56.3 cm³/mol. The van der Waals surface area contributed by atoms with Gasteiger partial charge in [-0.05, 0) is 50.0 Å². The van der Waals surface area contributed by atoms with Crippen molar-refractivity contribution in [2.75, 3.05) is 0 Å². The fourth-order valence-electron chi connectivity index (χ4n) is 0.718. The summed E-state index contributed by atoms with van der Waals surface area (Å²) in [6.45, 7) is 2.00. The molecule has 0 aliphatic heterocycles. The Morgan fingerprint density at radius 3 is 2.00 bits per heavy atom. The number of rotatable bonds is 1.